The van der Waals surface area contributed by atoms with Crippen LogP contribution in [0.1, 0.15) is 46.1 Å². The highest BCUT2D eigenvalue weighted by molar-refractivity contribution is 6.07. The highest BCUT2D eigenvalue weighted by atomic mass is 16.5. The van der Waals surface area contributed by atoms with Gasteiger partial charge in [-0.1, -0.05) is 44.2 Å². The van der Waals surface area contributed by atoms with Crippen molar-refractivity contribution in [3.05, 3.63) is 35.9 Å². The van der Waals surface area contributed by atoms with Gasteiger partial charge in [0.15, 0.2) is 5.78 Å². The summed E-state index contributed by atoms with van der Waals surface area (Å²) in [5, 5.41) is 0. The molecular formula is C17H25NO3. The molecule has 2 unspecified atom stereocenters. The van der Waals surface area contributed by atoms with Crippen molar-refractivity contribution in [2.24, 2.45) is 11.1 Å². The molecule has 0 fully saturated rings. The quantitative estimate of drug-likeness (QED) is 0.619. The summed E-state index contributed by atoms with van der Waals surface area (Å²) >= 11 is 0. The van der Waals surface area contributed by atoms with Crippen LogP contribution in [-0.4, -0.2) is 17.3 Å². The van der Waals surface area contributed by atoms with Crippen LogP contribution < -0.4 is 5.73 Å². The van der Waals surface area contributed by atoms with Gasteiger partial charge in [0.05, 0.1) is 5.54 Å². The molecule has 1 aromatic carbocycles. The molecule has 2 N–H and O–H groups in total. The molecule has 4 heteroatoms. The van der Waals surface area contributed by atoms with Gasteiger partial charge in [0, 0.05) is 0 Å². The van der Waals surface area contributed by atoms with Crippen molar-refractivity contribution >= 4 is 11.8 Å². The minimum atomic E-state index is -1.20. The Bertz CT molecular complexity index is 496. The molecule has 0 aliphatic carbocycles. The van der Waals surface area contributed by atoms with E-state index < -0.39 is 16.9 Å². The Morgan fingerprint density at radius 1 is 1.10 bits per heavy atom. The van der Waals surface area contributed by atoms with Crippen LogP contribution in [0.3, 0.4) is 0 Å². The van der Waals surface area contributed by atoms with Gasteiger partial charge in [-0.15, -0.1) is 0 Å². The van der Waals surface area contributed by atoms with Gasteiger partial charge >= 0.3 is 5.97 Å². The Morgan fingerprint density at radius 2 is 1.67 bits per heavy atom. The molecule has 0 amide bonds. The number of rotatable bonds is 7. The summed E-state index contributed by atoms with van der Waals surface area (Å²) in [4.78, 5) is 25.0. The van der Waals surface area contributed by atoms with Crippen LogP contribution in [-0.2, 0) is 20.9 Å². The molecule has 0 aromatic heterocycles. The van der Waals surface area contributed by atoms with Crippen molar-refractivity contribution in [3.8, 4) is 0 Å². The first-order valence-corrected chi connectivity index (χ1v) is 7.33. The van der Waals surface area contributed by atoms with Crippen LogP contribution in [0.2, 0.25) is 0 Å². The van der Waals surface area contributed by atoms with E-state index in [0.717, 1.165) is 5.56 Å². The average Bonchev–Trinajstić information content (AvgIpc) is 2.51. The van der Waals surface area contributed by atoms with E-state index in [1.165, 1.54) is 0 Å². The van der Waals surface area contributed by atoms with Crippen LogP contribution in [0.15, 0.2) is 30.3 Å². The zero-order valence-corrected chi connectivity index (χ0v) is 13.3. The molecule has 116 valence electrons. The van der Waals surface area contributed by atoms with E-state index in [0.29, 0.717) is 12.8 Å². The fourth-order valence-electron chi connectivity index (χ4n) is 2.07. The molecule has 0 spiro atoms. The molecule has 0 heterocycles. The number of carbonyl (C=O) groups excluding carboxylic acids is 2. The smallest absolute Gasteiger partial charge is 0.319 e. The number of Topliss-reactive ketones (excluding diaryl/α,β-unsaturated/α-hetero) is 1. The first-order valence-electron chi connectivity index (χ1n) is 7.33. The van der Waals surface area contributed by atoms with E-state index in [1.54, 1.807) is 20.8 Å². The number of benzene rings is 1. The minimum Gasteiger partial charge on any atom is -0.460 e. The Kier molecular flexibility index (Phi) is 5.67. The van der Waals surface area contributed by atoms with Gasteiger partial charge in [0.25, 0.3) is 0 Å². The van der Waals surface area contributed by atoms with Crippen LogP contribution in [0, 0.1) is 5.41 Å². The number of nitrogens with two attached hydrogens (primary N) is 1. The SMILES string of the molecule is CCC(C)(N)C(=O)C(C)(CC)C(=O)OCc1ccccc1. The van der Waals surface area contributed by atoms with Crippen molar-refractivity contribution in [2.45, 2.75) is 52.7 Å². The summed E-state index contributed by atoms with van der Waals surface area (Å²) in [6.07, 6.45) is 0.847. The van der Waals surface area contributed by atoms with Gasteiger partial charge in [-0.3, -0.25) is 9.59 Å². The summed E-state index contributed by atoms with van der Waals surface area (Å²) < 4.78 is 5.33. The number of carbonyl (C=O) groups is 2. The van der Waals surface area contributed by atoms with E-state index in [9.17, 15) is 9.59 Å². The molecule has 21 heavy (non-hydrogen) atoms. The molecular weight excluding hydrogens is 266 g/mol. The topological polar surface area (TPSA) is 69.4 Å². The van der Waals surface area contributed by atoms with Gasteiger partial charge in [-0.05, 0) is 32.3 Å². The zero-order valence-electron chi connectivity index (χ0n) is 13.3. The second kappa shape index (κ2) is 6.85. The van der Waals surface area contributed by atoms with Crippen LogP contribution >= 0.6 is 0 Å². The molecule has 0 saturated carbocycles. The monoisotopic (exact) mass is 291 g/mol. The number of hydrogen-bond donors (Lipinski definition) is 1. The van der Waals surface area contributed by atoms with Gasteiger partial charge in [-0.2, -0.15) is 0 Å². The van der Waals surface area contributed by atoms with Gasteiger partial charge in [0.1, 0.15) is 12.0 Å². The van der Waals surface area contributed by atoms with Crippen molar-refractivity contribution in [3.63, 3.8) is 0 Å². The molecule has 0 aliphatic rings. The average molecular weight is 291 g/mol. The predicted octanol–water partition coefficient (Wildman–Crippen LogP) is 2.84. The first-order chi connectivity index (χ1) is 9.78. The van der Waals surface area contributed by atoms with E-state index in [4.69, 9.17) is 10.5 Å². The summed E-state index contributed by atoms with van der Waals surface area (Å²) in [5.41, 5.74) is 4.68. The lowest BCUT2D eigenvalue weighted by molar-refractivity contribution is -0.162. The van der Waals surface area contributed by atoms with E-state index in [2.05, 4.69) is 0 Å². The minimum absolute atomic E-state index is 0.163. The number of hydrogen-bond acceptors (Lipinski definition) is 4. The summed E-state index contributed by atoms with van der Waals surface area (Å²) in [6.45, 7) is 7.07. The lowest BCUT2D eigenvalue weighted by atomic mass is 9.74. The van der Waals surface area contributed by atoms with Crippen molar-refractivity contribution in [1.82, 2.24) is 0 Å². The van der Waals surface area contributed by atoms with E-state index in [1.807, 2.05) is 37.3 Å². The molecule has 0 radical (unpaired) electrons. The predicted molar refractivity (Wildman–Crippen MR) is 82.5 cm³/mol. The fraction of sp³-hybridized carbons (Fsp3) is 0.529. The standard InChI is InChI=1S/C17H25NO3/c1-5-16(3,14(19)17(4,18)6-2)15(20)21-12-13-10-8-7-9-11-13/h7-11H,5-6,12,18H2,1-4H3. The lowest BCUT2D eigenvalue weighted by Crippen LogP contribution is -2.54. The summed E-state index contributed by atoms with van der Waals surface area (Å²) in [5.74, 6) is -0.776. The van der Waals surface area contributed by atoms with Crippen LogP contribution in [0.4, 0.5) is 0 Å². The normalized spacial score (nSPS) is 16.6. The Balaban J connectivity index is 2.83. The molecule has 1 aromatic rings. The maximum Gasteiger partial charge on any atom is 0.319 e. The second-order valence-corrected chi connectivity index (χ2v) is 5.85. The molecule has 2 atom stereocenters. The first kappa shape index (κ1) is 17.4. The molecule has 1 rings (SSSR count). The third kappa shape index (κ3) is 3.91. The summed E-state index contributed by atoms with van der Waals surface area (Å²) in [6, 6.07) is 9.39. The van der Waals surface area contributed by atoms with E-state index in [-0.39, 0.29) is 12.4 Å². The Labute approximate surface area is 126 Å². The Hall–Kier alpha value is -1.68. The third-order valence-corrected chi connectivity index (χ3v) is 4.12. The highest BCUT2D eigenvalue weighted by Gasteiger charge is 2.47. The maximum atomic E-state index is 12.6. The van der Waals surface area contributed by atoms with Gasteiger partial charge in [0.2, 0.25) is 0 Å². The van der Waals surface area contributed by atoms with Crippen LogP contribution in [0.5, 0.6) is 0 Å². The van der Waals surface area contributed by atoms with Crippen molar-refractivity contribution < 1.29 is 14.3 Å². The molecule has 0 aliphatic heterocycles. The van der Waals surface area contributed by atoms with Crippen molar-refractivity contribution in [2.75, 3.05) is 0 Å². The zero-order chi connectivity index (χ0) is 16.1. The molecule has 0 bridgehead atoms. The Morgan fingerprint density at radius 3 is 2.14 bits per heavy atom. The fourth-order valence-corrected chi connectivity index (χ4v) is 2.07. The van der Waals surface area contributed by atoms with Gasteiger partial charge in [-0.25, -0.2) is 0 Å². The lowest BCUT2D eigenvalue weighted by Gasteiger charge is -2.32. The maximum absolute atomic E-state index is 12.6. The van der Waals surface area contributed by atoms with Gasteiger partial charge < -0.3 is 10.5 Å². The number of esters is 1. The third-order valence-electron chi connectivity index (χ3n) is 4.12. The molecule has 0 saturated heterocycles. The van der Waals surface area contributed by atoms with Crippen LogP contribution in [0.25, 0.3) is 0 Å². The highest BCUT2D eigenvalue weighted by Crippen LogP contribution is 2.30. The van der Waals surface area contributed by atoms with Crippen molar-refractivity contribution in [1.29, 1.82) is 0 Å². The second-order valence-electron chi connectivity index (χ2n) is 5.85. The summed E-state index contributed by atoms with van der Waals surface area (Å²) in [7, 11) is 0. The molecule has 4 nitrogen and oxygen atoms in total. The largest absolute Gasteiger partial charge is 0.460 e. The van der Waals surface area contributed by atoms with E-state index >= 15 is 0 Å². The number of ether oxygens (including phenoxy) is 1. The number of ketones is 1.